The largest absolute Gasteiger partial charge is 0.451 e. The molecule has 1 aliphatic heterocycles. The van der Waals surface area contributed by atoms with Crippen LogP contribution in [0.1, 0.15) is 10.6 Å². The maximum atomic E-state index is 12.7. The topological polar surface area (TPSA) is 96.8 Å². The maximum absolute atomic E-state index is 12.7. The summed E-state index contributed by atoms with van der Waals surface area (Å²) in [6.07, 6.45) is 0. The molecule has 2 heterocycles. The van der Waals surface area contributed by atoms with Crippen LogP contribution in [-0.4, -0.2) is 54.8 Å². The Kier molecular flexibility index (Phi) is 4.35. The van der Waals surface area contributed by atoms with Crippen LogP contribution < -0.4 is 11.2 Å². The van der Waals surface area contributed by atoms with Gasteiger partial charge in [0, 0.05) is 32.2 Å². The molecule has 1 aromatic carbocycles. The number of amides is 2. The molecule has 2 aromatic rings. The number of benzene rings is 1. The zero-order valence-electron chi connectivity index (χ0n) is 13.4. The number of nitrogens with two attached hydrogens (primary N) is 1. The van der Waals surface area contributed by atoms with E-state index in [2.05, 4.69) is 0 Å². The Balaban J connectivity index is 1.93. The molecule has 0 bridgehead atoms. The summed E-state index contributed by atoms with van der Waals surface area (Å²) in [4.78, 5) is 40.0. The quantitative estimate of drug-likeness (QED) is 0.854. The van der Waals surface area contributed by atoms with Crippen molar-refractivity contribution in [2.45, 2.75) is 0 Å². The van der Waals surface area contributed by atoms with Gasteiger partial charge in [-0.2, -0.15) is 0 Å². The van der Waals surface area contributed by atoms with E-state index in [-0.39, 0.29) is 17.7 Å². The predicted octanol–water partition coefficient (Wildman–Crippen LogP) is 0.282. The Hall–Kier alpha value is -2.67. The van der Waals surface area contributed by atoms with Gasteiger partial charge in [0.25, 0.3) is 5.91 Å². The summed E-state index contributed by atoms with van der Waals surface area (Å²) >= 11 is 0. The summed E-state index contributed by atoms with van der Waals surface area (Å²) in [6.45, 7) is 1.78. The summed E-state index contributed by atoms with van der Waals surface area (Å²) in [6, 6.07) is 7.99. The Morgan fingerprint density at radius 1 is 1.21 bits per heavy atom. The Morgan fingerprint density at radius 2 is 1.96 bits per heavy atom. The van der Waals surface area contributed by atoms with Crippen molar-refractivity contribution < 1.29 is 14.0 Å². The minimum atomic E-state index is -0.450. The first kappa shape index (κ1) is 16.2. The van der Waals surface area contributed by atoms with Crippen molar-refractivity contribution in [2.24, 2.45) is 11.7 Å². The van der Waals surface area contributed by atoms with Gasteiger partial charge in [-0.25, -0.2) is 0 Å². The monoisotopic (exact) mass is 329 g/mol. The summed E-state index contributed by atoms with van der Waals surface area (Å²) in [5.74, 6) is -1.32. The third kappa shape index (κ3) is 3.16. The van der Waals surface area contributed by atoms with Crippen molar-refractivity contribution in [2.75, 3.05) is 33.2 Å². The zero-order valence-corrected chi connectivity index (χ0v) is 13.4. The van der Waals surface area contributed by atoms with Gasteiger partial charge in [-0.15, -0.1) is 0 Å². The van der Waals surface area contributed by atoms with Crippen molar-refractivity contribution in [3.05, 3.63) is 46.3 Å². The van der Waals surface area contributed by atoms with Crippen molar-refractivity contribution in [3.8, 4) is 0 Å². The van der Waals surface area contributed by atoms with Gasteiger partial charge < -0.3 is 20.0 Å². The fourth-order valence-corrected chi connectivity index (χ4v) is 2.90. The van der Waals surface area contributed by atoms with E-state index in [1.807, 2.05) is 11.9 Å². The number of carbonyl (C=O) groups is 2. The number of rotatable bonds is 2. The second-order valence-corrected chi connectivity index (χ2v) is 6.08. The molecule has 7 nitrogen and oxygen atoms in total. The van der Waals surface area contributed by atoms with E-state index in [0.717, 1.165) is 0 Å². The molecular formula is C17H19N3O4. The summed E-state index contributed by atoms with van der Waals surface area (Å²) in [5.41, 5.74) is 5.52. The lowest BCUT2D eigenvalue weighted by Crippen LogP contribution is -2.40. The van der Waals surface area contributed by atoms with Gasteiger partial charge in [-0.05, 0) is 19.2 Å². The predicted molar refractivity (Wildman–Crippen MR) is 88.6 cm³/mol. The molecule has 1 saturated heterocycles. The molecule has 0 radical (unpaired) electrons. The van der Waals surface area contributed by atoms with Gasteiger partial charge in [0.1, 0.15) is 5.58 Å². The Morgan fingerprint density at radius 3 is 2.71 bits per heavy atom. The molecule has 2 amide bonds. The molecule has 126 valence electrons. The van der Waals surface area contributed by atoms with Gasteiger partial charge in [-0.3, -0.25) is 14.4 Å². The van der Waals surface area contributed by atoms with E-state index in [1.165, 1.54) is 11.0 Å². The van der Waals surface area contributed by atoms with Crippen LogP contribution in [0.5, 0.6) is 0 Å². The number of hydrogen-bond acceptors (Lipinski definition) is 5. The highest BCUT2D eigenvalue weighted by atomic mass is 16.3. The molecule has 2 N–H and O–H groups in total. The van der Waals surface area contributed by atoms with E-state index >= 15 is 0 Å². The first-order valence-electron chi connectivity index (χ1n) is 7.75. The number of nitrogens with zero attached hydrogens (tertiary/aromatic N) is 2. The number of hydrogen-bond donors (Lipinski definition) is 1. The van der Waals surface area contributed by atoms with Gasteiger partial charge in [0.15, 0.2) is 11.2 Å². The fourth-order valence-electron chi connectivity index (χ4n) is 2.90. The van der Waals surface area contributed by atoms with Crippen LogP contribution in [-0.2, 0) is 4.79 Å². The third-order valence-electron chi connectivity index (χ3n) is 4.26. The number of fused-ring (bicyclic) bond motifs is 1. The lowest BCUT2D eigenvalue weighted by atomic mass is 10.1. The number of para-hydroxylation sites is 1. The third-order valence-corrected chi connectivity index (χ3v) is 4.26. The van der Waals surface area contributed by atoms with Gasteiger partial charge in [-0.1, -0.05) is 12.1 Å². The van der Waals surface area contributed by atoms with Crippen LogP contribution in [0.15, 0.2) is 39.5 Å². The van der Waals surface area contributed by atoms with Crippen molar-refractivity contribution in [1.29, 1.82) is 0 Å². The summed E-state index contributed by atoms with van der Waals surface area (Å²) < 4.78 is 5.60. The minimum Gasteiger partial charge on any atom is -0.451 e. The van der Waals surface area contributed by atoms with Crippen LogP contribution in [0, 0.1) is 5.92 Å². The fraction of sp³-hybridized carbons (Fsp3) is 0.353. The second kappa shape index (κ2) is 6.45. The molecule has 0 unspecified atom stereocenters. The van der Waals surface area contributed by atoms with Crippen LogP contribution in [0.25, 0.3) is 11.0 Å². The SMILES string of the molecule is CN1CCN(C(=O)c2cc(=O)c3ccccc3o2)C[C@@H](C(N)=O)C1. The molecule has 1 atom stereocenters. The van der Waals surface area contributed by atoms with Crippen LogP contribution in [0.2, 0.25) is 0 Å². The first-order valence-corrected chi connectivity index (χ1v) is 7.75. The number of primary amides is 1. The van der Waals surface area contributed by atoms with Crippen LogP contribution in [0.4, 0.5) is 0 Å². The van der Waals surface area contributed by atoms with E-state index < -0.39 is 17.7 Å². The van der Waals surface area contributed by atoms with E-state index in [0.29, 0.717) is 30.6 Å². The van der Waals surface area contributed by atoms with Gasteiger partial charge in [0.2, 0.25) is 5.91 Å². The van der Waals surface area contributed by atoms with Gasteiger partial charge >= 0.3 is 0 Å². The average Bonchev–Trinajstić information content (AvgIpc) is 2.76. The molecule has 0 spiro atoms. The average molecular weight is 329 g/mol. The molecule has 3 rings (SSSR count). The molecule has 1 aromatic heterocycles. The maximum Gasteiger partial charge on any atom is 0.289 e. The van der Waals surface area contributed by atoms with Crippen molar-refractivity contribution >= 4 is 22.8 Å². The Labute approximate surface area is 138 Å². The lowest BCUT2D eigenvalue weighted by molar-refractivity contribution is -0.122. The molecule has 24 heavy (non-hydrogen) atoms. The number of likely N-dealkylation sites (N-methyl/N-ethyl adjacent to an activating group) is 1. The molecule has 1 aliphatic rings. The second-order valence-electron chi connectivity index (χ2n) is 6.08. The summed E-state index contributed by atoms with van der Waals surface area (Å²) in [5, 5.41) is 0.430. The normalized spacial score (nSPS) is 19.2. The zero-order chi connectivity index (χ0) is 17.3. The smallest absolute Gasteiger partial charge is 0.289 e. The van der Waals surface area contributed by atoms with E-state index in [4.69, 9.17) is 10.2 Å². The van der Waals surface area contributed by atoms with Gasteiger partial charge in [0.05, 0.1) is 11.3 Å². The summed E-state index contributed by atoms with van der Waals surface area (Å²) in [7, 11) is 1.88. The molecule has 1 fully saturated rings. The highest BCUT2D eigenvalue weighted by Crippen LogP contribution is 2.16. The Bertz CT molecular complexity index is 845. The molecular weight excluding hydrogens is 310 g/mol. The first-order chi connectivity index (χ1) is 11.5. The van der Waals surface area contributed by atoms with Crippen molar-refractivity contribution in [3.63, 3.8) is 0 Å². The molecule has 0 aliphatic carbocycles. The van der Waals surface area contributed by atoms with Crippen molar-refractivity contribution in [1.82, 2.24) is 9.80 Å². The van der Waals surface area contributed by atoms with Crippen LogP contribution >= 0.6 is 0 Å². The lowest BCUT2D eigenvalue weighted by Gasteiger charge is -2.22. The van der Waals surface area contributed by atoms with E-state index in [9.17, 15) is 14.4 Å². The molecule has 0 saturated carbocycles. The molecule has 7 heteroatoms. The highest BCUT2D eigenvalue weighted by Gasteiger charge is 2.29. The highest BCUT2D eigenvalue weighted by molar-refractivity contribution is 5.93. The minimum absolute atomic E-state index is 0.0218. The standard InChI is InChI=1S/C17H19N3O4/c1-19-6-7-20(10-11(9-19)16(18)22)17(23)15-8-13(21)12-4-2-3-5-14(12)24-15/h2-5,8,11H,6-7,9-10H2,1H3,(H2,18,22)/t11-/m0/s1. The number of carbonyl (C=O) groups excluding carboxylic acids is 2. The van der Waals surface area contributed by atoms with E-state index in [1.54, 1.807) is 24.3 Å². The van der Waals surface area contributed by atoms with Crippen LogP contribution in [0.3, 0.4) is 0 Å².